The van der Waals surface area contributed by atoms with Crippen molar-refractivity contribution in [2.24, 2.45) is 0 Å². The van der Waals surface area contributed by atoms with Gasteiger partial charge in [-0.25, -0.2) is 4.79 Å². The summed E-state index contributed by atoms with van der Waals surface area (Å²) in [5.41, 5.74) is 1.02. The number of nitrogens with one attached hydrogen (secondary N) is 2. The molecule has 4 amide bonds. The van der Waals surface area contributed by atoms with Crippen molar-refractivity contribution in [2.45, 2.75) is 19.4 Å². The third-order valence-corrected chi connectivity index (χ3v) is 5.32. The Hall–Kier alpha value is -3.67. The maximum absolute atomic E-state index is 13.2. The average Bonchev–Trinajstić information content (AvgIpc) is 2.93. The number of carbonyl (C=O) groups excluding carboxylic acids is 3. The molecule has 29 heavy (non-hydrogen) atoms. The van der Waals surface area contributed by atoms with Crippen LogP contribution < -0.4 is 10.6 Å². The van der Waals surface area contributed by atoms with Gasteiger partial charge in [0, 0.05) is 5.69 Å². The molecule has 0 saturated carbocycles. The molecular formula is C23H21N3O3. The van der Waals surface area contributed by atoms with Gasteiger partial charge in [0.15, 0.2) is 0 Å². The Morgan fingerprint density at radius 2 is 1.69 bits per heavy atom. The normalized spacial score (nSPS) is 18.8. The third kappa shape index (κ3) is 3.23. The first-order valence-electron chi connectivity index (χ1n) is 9.38. The summed E-state index contributed by atoms with van der Waals surface area (Å²) in [4.78, 5) is 39.2. The van der Waals surface area contributed by atoms with Crippen LogP contribution >= 0.6 is 0 Å². The van der Waals surface area contributed by atoms with Gasteiger partial charge in [-0.2, -0.15) is 0 Å². The topological polar surface area (TPSA) is 78.5 Å². The van der Waals surface area contributed by atoms with Gasteiger partial charge in [-0.15, -0.1) is 0 Å². The van der Waals surface area contributed by atoms with E-state index < -0.39 is 23.4 Å². The van der Waals surface area contributed by atoms with Crippen molar-refractivity contribution < 1.29 is 14.4 Å². The highest BCUT2D eigenvalue weighted by Crippen LogP contribution is 2.33. The van der Waals surface area contributed by atoms with E-state index >= 15 is 0 Å². The van der Waals surface area contributed by atoms with Gasteiger partial charge in [0.25, 0.3) is 5.91 Å². The number of rotatable bonds is 4. The number of anilines is 1. The molecule has 0 aliphatic carbocycles. The standard InChI is InChI=1S/C23H21N3O3/c1-15-8-3-6-13-19(15)24-20(27)14-26-21(28)23(2,25-22(26)29)18-12-7-10-16-9-4-5-11-17(16)18/h3-13H,14H2,1-2H3,(H,24,27)(H,25,29). The number of fused-ring (bicyclic) bond motifs is 1. The van der Waals surface area contributed by atoms with Crippen molar-refractivity contribution in [2.75, 3.05) is 11.9 Å². The number of hydrogen-bond donors (Lipinski definition) is 2. The van der Waals surface area contributed by atoms with Crippen LogP contribution in [0.2, 0.25) is 0 Å². The molecule has 146 valence electrons. The molecule has 1 aliphatic heterocycles. The summed E-state index contributed by atoms with van der Waals surface area (Å²) in [7, 11) is 0. The molecule has 3 aromatic carbocycles. The number of imide groups is 1. The summed E-state index contributed by atoms with van der Waals surface area (Å²) in [5.74, 6) is -0.872. The van der Waals surface area contributed by atoms with E-state index in [1.165, 1.54) is 0 Å². The Balaban J connectivity index is 1.60. The van der Waals surface area contributed by atoms with Gasteiger partial charge < -0.3 is 10.6 Å². The van der Waals surface area contributed by atoms with Gasteiger partial charge in [-0.05, 0) is 41.8 Å². The lowest BCUT2D eigenvalue weighted by atomic mass is 9.88. The van der Waals surface area contributed by atoms with Crippen molar-refractivity contribution in [1.29, 1.82) is 0 Å². The Kier molecular flexibility index (Phi) is 4.54. The lowest BCUT2D eigenvalue weighted by molar-refractivity contribution is -0.133. The maximum atomic E-state index is 13.2. The van der Waals surface area contributed by atoms with E-state index in [1.807, 2.05) is 67.6 Å². The smallest absolute Gasteiger partial charge is 0.324 e. The van der Waals surface area contributed by atoms with Crippen LogP contribution in [0.25, 0.3) is 10.8 Å². The van der Waals surface area contributed by atoms with Gasteiger partial charge in [0.2, 0.25) is 5.91 Å². The second kappa shape index (κ2) is 7.05. The number of nitrogens with zero attached hydrogens (tertiary/aromatic N) is 1. The van der Waals surface area contributed by atoms with Crippen LogP contribution in [-0.2, 0) is 15.1 Å². The molecule has 1 unspecified atom stereocenters. The molecule has 1 saturated heterocycles. The van der Waals surface area contributed by atoms with E-state index in [4.69, 9.17) is 0 Å². The predicted molar refractivity (Wildman–Crippen MR) is 111 cm³/mol. The highest BCUT2D eigenvalue weighted by molar-refractivity contribution is 6.11. The molecule has 2 N–H and O–H groups in total. The fourth-order valence-corrected chi connectivity index (χ4v) is 3.73. The highest BCUT2D eigenvalue weighted by atomic mass is 16.2. The van der Waals surface area contributed by atoms with Gasteiger partial charge in [-0.3, -0.25) is 14.5 Å². The number of para-hydroxylation sites is 1. The van der Waals surface area contributed by atoms with Crippen molar-refractivity contribution in [3.63, 3.8) is 0 Å². The van der Waals surface area contributed by atoms with E-state index in [1.54, 1.807) is 13.0 Å². The molecule has 4 rings (SSSR count). The minimum absolute atomic E-state index is 0.348. The molecule has 0 aromatic heterocycles. The van der Waals surface area contributed by atoms with Gasteiger partial charge in [0.1, 0.15) is 12.1 Å². The molecule has 1 atom stereocenters. The minimum Gasteiger partial charge on any atom is -0.324 e. The Labute approximate surface area is 168 Å². The van der Waals surface area contributed by atoms with E-state index in [0.29, 0.717) is 11.3 Å². The van der Waals surface area contributed by atoms with Crippen molar-refractivity contribution in [3.8, 4) is 0 Å². The number of amides is 4. The zero-order valence-electron chi connectivity index (χ0n) is 16.2. The fourth-order valence-electron chi connectivity index (χ4n) is 3.73. The number of aryl methyl sites for hydroxylation is 1. The highest BCUT2D eigenvalue weighted by Gasteiger charge is 2.50. The molecule has 1 heterocycles. The molecular weight excluding hydrogens is 366 g/mol. The fraction of sp³-hybridized carbons (Fsp3) is 0.174. The Morgan fingerprint density at radius 3 is 2.48 bits per heavy atom. The first-order valence-corrected chi connectivity index (χ1v) is 9.38. The van der Waals surface area contributed by atoms with Crippen molar-refractivity contribution in [1.82, 2.24) is 10.2 Å². The molecule has 1 fully saturated rings. The van der Waals surface area contributed by atoms with Crippen LogP contribution in [-0.4, -0.2) is 29.3 Å². The number of urea groups is 1. The van der Waals surface area contributed by atoms with Crippen molar-refractivity contribution >= 4 is 34.3 Å². The molecule has 0 radical (unpaired) electrons. The van der Waals surface area contributed by atoms with E-state index in [9.17, 15) is 14.4 Å². The average molecular weight is 387 g/mol. The monoisotopic (exact) mass is 387 g/mol. The molecule has 1 aliphatic rings. The Bertz CT molecular complexity index is 1140. The van der Waals surface area contributed by atoms with Crippen LogP contribution in [0.5, 0.6) is 0 Å². The first-order chi connectivity index (χ1) is 13.9. The summed E-state index contributed by atoms with van der Waals surface area (Å²) in [5, 5.41) is 7.40. The van der Waals surface area contributed by atoms with Crippen LogP contribution in [0.4, 0.5) is 10.5 Å². The van der Waals surface area contributed by atoms with E-state index in [2.05, 4.69) is 10.6 Å². The third-order valence-electron chi connectivity index (χ3n) is 5.32. The molecule has 6 heteroatoms. The van der Waals surface area contributed by atoms with Crippen LogP contribution in [0, 0.1) is 6.92 Å². The lowest BCUT2D eigenvalue weighted by Crippen LogP contribution is -2.42. The summed E-state index contributed by atoms with van der Waals surface area (Å²) >= 11 is 0. The summed E-state index contributed by atoms with van der Waals surface area (Å²) in [6, 6.07) is 20.1. The maximum Gasteiger partial charge on any atom is 0.325 e. The first kappa shape index (κ1) is 18.7. The van der Waals surface area contributed by atoms with E-state index in [-0.39, 0.29) is 6.54 Å². The molecule has 0 spiro atoms. The molecule has 0 bridgehead atoms. The Morgan fingerprint density at radius 1 is 1.00 bits per heavy atom. The number of benzene rings is 3. The molecule has 6 nitrogen and oxygen atoms in total. The number of carbonyl (C=O) groups is 3. The second-order valence-corrected chi connectivity index (χ2v) is 7.34. The van der Waals surface area contributed by atoms with Crippen LogP contribution in [0.15, 0.2) is 66.7 Å². The van der Waals surface area contributed by atoms with Crippen LogP contribution in [0.1, 0.15) is 18.1 Å². The number of hydrogen-bond acceptors (Lipinski definition) is 3. The van der Waals surface area contributed by atoms with Gasteiger partial charge in [-0.1, -0.05) is 60.7 Å². The van der Waals surface area contributed by atoms with Gasteiger partial charge in [0.05, 0.1) is 0 Å². The zero-order valence-corrected chi connectivity index (χ0v) is 16.2. The zero-order chi connectivity index (χ0) is 20.6. The van der Waals surface area contributed by atoms with Gasteiger partial charge >= 0.3 is 6.03 Å². The summed E-state index contributed by atoms with van der Waals surface area (Å²) < 4.78 is 0. The second-order valence-electron chi connectivity index (χ2n) is 7.34. The summed E-state index contributed by atoms with van der Waals surface area (Å²) in [6.07, 6.45) is 0. The van der Waals surface area contributed by atoms with E-state index in [0.717, 1.165) is 21.2 Å². The largest absolute Gasteiger partial charge is 0.325 e. The summed E-state index contributed by atoms with van der Waals surface area (Å²) in [6.45, 7) is 3.20. The van der Waals surface area contributed by atoms with Crippen LogP contribution in [0.3, 0.4) is 0 Å². The minimum atomic E-state index is -1.24. The predicted octanol–water partition coefficient (Wildman–Crippen LogP) is 3.55. The lowest BCUT2D eigenvalue weighted by Gasteiger charge is -2.24. The van der Waals surface area contributed by atoms with Crippen molar-refractivity contribution in [3.05, 3.63) is 77.9 Å². The quantitative estimate of drug-likeness (QED) is 0.672. The SMILES string of the molecule is Cc1ccccc1NC(=O)CN1C(=O)NC(C)(c2cccc3ccccc23)C1=O. The molecule has 3 aromatic rings.